The van der Waals surface area contributed by atoms with Gasteiger partial charge in [0.25, 0.3) is 0 Å². The molecule has 1 unspecified atom stereocenters. The molecule has 0 bridgehead atoms. The van der Waals surface area contributed by atoms with Crippen LogP contribution >= 0.6 is 0 Å². The van der Waals surface area contributed by atoms with Crippen LogP contribution in [0.25, 0.3) is 12.2 Å². The number of aryl methyl sites for hydroxylation is 1. The van der Waals surface area contributed by atoms with E-state index in [1.807, 2.05) is 91.9 Å². The Labute approximate surface area is 200 Å². The molecular formula is C29H28O5. The Balaban J connectivity index is 1.91. The van der Waals surface area contributed by atoms with Gasteiger partial charge in [0.15, 0.2) is 0 Å². The van der Waals surface area contributed by atoms with Gasteiger partial charge >= 0.3 is 11.9 Å². The van der Waals surface area contributed by atoms with Crippen molar-refractivity contribution in [3.8, 4) is 5.75 Å². The summed E-state index contributed by atoms with van der Waals surface area (Å²) in [4.78, 5) is 23.4. The molecule has 0 aliphatic carbocycles. The molecule has 174 valence electrons. The van der Waals surface area contributed by atoms with Crippen molar-refractivity contribution in [2.45, 2.75) is 26.6 Å². The topological polar surface area (TPSA) is 61.8 Å². The lowest BCUT2D eigenvalue weighted by Gasteiger charge is -2.17. The van der Waals surface area contributed by atoms with Gasteiger partial charge in [-0.15, -0.1) is 0 Å². The fourth-order valence-electron chi connectivity index (χ4n) is 3.46. The van der Waals surface area contributed by atoms with Crippen LogP contribution < -0.4 is 4.74 Å². The van der Waals surface area contributed by atoms with Gasteiger partial charge in [0, 0.05) is 24.1 Å². The number of ether oxygens (including phenoxy) is 3. The average Bonchev–Trinajstić information content (AvgIpc) is 2.85. The Hall–Kier alpha value is -4.12. The van der Waals surface area contributed by atoms with Gasteiger partial charge < -0.3 is 14.2 Å². The fraction of sp³-hybridized carbons (Fsp3) is 0.172. The van der Waals surface area contributed by atoms with Gasteiger partial charge in [-0.05, 0) is 35.8 Å². The van der Waals surface area contributed by atoms with E-state index in [9.17, 15) is 9.59 Å². The summed E-state index contributed by atoms with van der Waals surface area (Å²) < 4.78 is 16.4. The molecule has 5 heteroatoms. The molecule has 0 aliphatic heterocycles. The van der Waals surface area contributed by atoms with Crippen LogP contribution in [-0.2, 0) is 25.7 Å². The van der Waals surface area contributed by atoms with Gasteiger partial charge in [0.05, 0.1) is 7.11 Å². The molecule has 0 N–H and O–H groups in total. The first-order chi connectivity index (χ1) is 16.5. The number of benzene rings is 3. The third-order valence-electron chi connectivity index (χ3n) is 5.11. The molecule has 1 atom stereocenters. The first kappa shape index (κ1) is 24.5. The van der Waals surface area contributed by atoms with Crippen LogP contribution in [0.2, 0.25) is 0 Å². The summed E-state index contributed by atoms with van der Waals surface area (Å²) >= 11 is 0. The molecule has 0 heterocycles. The van der Waals surface area contributed by atoms with Crippen molar-refractivity contribution in [3.63, 3.8) is 0 Å². The molecule has 0 amide bonds. The Bertz CT molecular complexity index is 1180. The van der Waals surface area contributed by atoms with Crippen molar-refractivity contribution < 1.29 is 23.8 Å². The van der Waals surface area contributed by atoms with Crippen molar-refractivity contribution in [1.29, 1.82) is 0 Å². The summed E-state index contributed by atoms with van der Waals surface area (Å²) in [7, 11) is 1.32. The van der Waals surface area contributed by atoms with Gasteiger partial charge in [0.2, 0.25) is 0 Å². The van der Waals surface area contributed by atoms with Crippen LogP contribution in [0.4, 0.5) is 0 Å². The second kappa shape index (κ2) is 12.2. The maximum absolute atomic E-state index is 11.9. The molecule has 0 spiro atoms. The number of hydrogen-bond donors (Lipinski definition) is 0. The average molecular weight is 457 g/mol. The molecule has 3 aromatic carbocycles. The molecule has 5 nitrogen and oxygen atoms in total. The third-order valence-corrected chi connectivity index (χ3v) is 5.11. The van der Waals surface area contributed by atoms with Gasteiger partial charge in [-0.25, -0.2) is 4.79 Å². The van der Waals surface area contributed by atoms with E-state index in [4.69, 9.17) is 9.47 Å². The Morgan fingerprint density at radius 2 is 1.59 bits per heavy atom. The van der Waals surface area contributed by atoms with Crippen LogP contribution in [0.3, 0.4) is 0 Å². The molecular weight excluding hydrogens is 428 g/mol. The number of esters is 2. The summed E-state index contributed by atoms with van der Waals surface area (Å²) in [5, 5.41) is 0. The first-order valence-electron chi connectivity index (χ1n) is 10.9. The monoisotopic (exact) mass is 456 g/mol. The van der Waals surface area contributed by atoms with Gasteiger partial charge in [0.1, 0.15) is 18.5 Å². The first-order valence-corrected chi connectivity index (χ1v) is 10.9. The molecule has 0 saturated carbocycles. The largest absolute Gasteiger partial charge is 0.488 e. The minimum atomic E-state index is -0.654. The maximum Gasteiger partial charge on any atom is 0.330 e. The smallest absolute Gasteiger partial charge is 0.330 e. The normalized spacial score (nSPS) is 12.0. The van der Waals surface area contributed by atoms with E-state index < -0.39 is 18.0 Å². The lowest BCUT2D eigenvalue weighted by atomic mass is 10.00. The summed E-state index contributed by atoms with van der Waals surface area (Å²) in [5.41, 5.74) is 4.44. The Morgan fingerprint density at radius 1 is 0.882 bits per heavy atom. The molecule has 3 rings (SSSR count). The van der Waals surface area contributed by atoms with E-state index in [2.05, 4.69) is 4.74 Å². The predicted octanol–water partition coefficient (Wildman–Crippen LogP) is 6.08. The van der Waals surface area contributed by atoms with Crippen molar-refractivity contribution in [1.82, 2.24) is 0 Å². The Morgan fingerprint density at radius 3 is 2.32 bits per heavy atom. The highest BCUT2D eigenvalue weighted by molar-refractivity contribution is 5.87. The predicted molar refractivity (Wildman–Crippen MR) is 133 cm³/mol. The second-order valence-electron chi connectivity index (χ2n) is 7.64. The standard InChI is InChI=1S/C29H28O5/c1-21-10-9-14-25(29(21)33-20-23-11-5-4-6-12-23)16-18-27(34-22(2)30)26-15-8-7-13-24(26)17-19-28(31)32-3/h4-19,27H,20H2,1-3H3/b18-16+,19-17+. The van der Waals surface area contributed by atoms with Crippen molar-refractivity contribution in [2.24, 2.45) is 0 Å². The summed E-state index contributed by atoms with van der Waals surface area (Å²) in [5.74, 6) is -0.108. The van der Waals surface area contributed by atoms with Gasteiger partial charge in [-0.2, -0.15) is 0 Å². The molecule has 34 heavy (non-hydrogen) atoms. The van der Waals surface area contributed by atoms with Crippen LogP contribution in [-0.4, -0.2) is 19.0 Å². The number of carbonyl (C=O) groups is 2. The zero-order valence-corrected chi connectivity index (χ0v) is 19.6. The van der Waals surface area contributed by atoms with E-state index in [-0.39, 0.29) is 0 Å². The zero-order valence-electron chi connectivity index (χ0n) is 19.6. The number of hydrogen-bond acceptors (Lipinski definition) is 5. The molecule has 0 fully saturated rings. The third kappa shape index (κ3) is 6.94. The number of carbonyl (C=O) groups excluding carboxylic acids is 2. The summed E-state index contributed by atoms with van der Waals surface area (Å²) in [6.45, 7) is 3.81. The zero-order chi connectivity index (χ0) is 24.3. The summed E-state index contributed by atoms with van der Waals surface area (Å²) in [6, 6.07) is 23.3. The van der Waals surface area contributed by atoms with Crippen LogP contribution in [0.5, 0.6) is 5.75 Å². The van der Waals surface area contributed by atoms with Crippen LogP contribution in [0, 0.1) is 6.92 Å². The highest BCUT2D eigenvalue weighted by Crippen LogP contribution is 2.29. The lowest BCUT2D eigenvalue weighted by Crippen LogP contribution is -2.08. The highest BCUT2D eigenvalue weighted by atomic mass is 16.5. The van der Waals surface area contributed by atoms with E-state index in [0.717, 1.165) is 33.6 Å². The highest BCUT2D eigenvalue weighted by Gasteiger charge is 2.15. The van der Waals surface area contributed by atoms with Crippen LogP contribution in [0.15, 0.2) is 84.9 Å². The van der Waals surface area contributed by atoms with Crippen LogP contribution in [0.1, 0.15) is 40.8 Å². The summed E-state index contributed by atoms with van der Waals surface area (Å²) in [6.07, 6.45) is 6.03. The molecule has 0 aliphatic rings. The van der Waals surface area contributed by atoms with Crippen molar-refractivity contribution in [2.75, 3.05) is 7.11 Å². The quantitative estimate of drug-likeness (QED) is 0.289. The van der Waals surface area contributed by atoms with Gasteiger partial charge in [-0.3, -0.25) is 4.79 Å². The van der Waals surface area contributed by atoms with E-state index in [0.29, 0.717) is 6.61 Å². The minimum absolute atomic E-state index is 0.411. The molecule has 0 radical (unpaired) electrons. The molecule has 0 aromatic heterocycles. The SMILES string of the molecule is COC(=O)/C=C/c1ccccc1C(/C=C/c1cccc(C)c1OCc1ccccc1)OC(C)=O. The van der Waals surface area contributed by atoms with E-state index in [1.165, 1.54) is 20.1 Å². The minimum Gasteiger partial charge on any atom is -0.488 e. The molecule has 3 aromatic rings. The van der Waals surface area contributed by atoms with Gasteiger partial charge in [-0.1, -0.05) is 78.9 Å². The number of rotatable bonds is 9. The van der Waals surface area contributed by atoms with Crippen molar-refractivity contribution in [3.05, 3.63) is 113 Å². The van der Waals surface area contributed by atoms with E-state index in [1.54, 1.807) is 6.08 Å². The number of methoxy groups -OCH3 is 1. The second-order valence-corrected chi connectivity index (χ2v) is 7.64. The van der Waals surface area contributed by atoms with Crippen molar-refractivity contribution >= 4 is 24.1 Å². The lowest BCUT2D eigenvalue weighted by molar-refractivity contribution is -0.144. The number of para-hydroxylation sites is 1. The fourth-order valence-corrected chi connectivity index (χ4v) is 3.46. The molecule has 0 saturated heterocycles. The van der Waals surface area contributed by atoms with E-state index >= 15 is 0 Å². The Kier molecular flexibility index (Phi) is 8.81. The maximum atomic E-state index is 11.9.